The van der Waals surface area contributed by atoms with Crippen LogP contribution in [0.2, 0.25) is 0 Å². The summed E-state index contributed by atoms with van der Waals surface area (Å²) in [6.45, 7) is -0.544. The van der Waals surface area contributed by atoms with Crippen molar-refractivity contribution in [1.82, 2.24) is 9.55 Å². The van der Waals surface area contributed by atoms with E-state index in [-0.39, 0.29) is 25.4 Å². The minimum atomic E-state index is -0.924. The van der Waals surface area contributed by atoms with Crippen molar-refractivity contribution in [2.24, 2.45) is 0 Å². The molecule has 2 heterocycles. The fraction of sp³-hybridized carbons (Fsp3) is 0.636. The Morgan fingerprint density at radius 2 is 2.30 bits per heavy atom. The maximum atomic E-state index is 13.7. The number of aliphatic hydroxyl groups is 3. The van der Waals surface area contributed by atoms with E-state index in [1.54, 1.807) is 0 Å². The molecule has 0 saturated carbocycles. The molecule has 112 valence electrons. The molecule has 0 aromatic carbocycles. The molecule has 20 heavy (non-hydrogen) atoms. The second kappa shape index (κ2) is 6.27. The molecule has 9 heteroatoms. The second-order valence-electron chi connectivity index (χ2n) is 4.39. The van der Waals surface area contributed by atoms with Crippen LogP contribution in [-0.2, 0) is 4.74 Å². The van der Waals surface area contributed by atoms with Gasteiger partial charge in [0.1, 0.15) is 12.3 Å². The Hall–Kier alpha value is -1.55. The van der Waals surface area contributed by atoms with Crippen LogP contribution in [0.15, 0.2) is 11.0 Å². The minimum Gasteiger partial charge on any atom is -0.395 e. The lowest BCUT2D eigenvalue weighted by Gasteiger charge is -2.15. The van der Waals surface area contributed by atoms with E-state index in [1.807, 2.05) is 0 Å². The lowest BCUT2D eigenvalue weighted by atomic mass is 10.2. The SMILES string of the molecule is O=c1nc(NCCO)c(F)cn1[C@H]1C[C@H](O)[C@@H](CO)O1. The van der Waals surface area contributed by atoms with Gasteiger partial charge in [-0.15, -0.1) is 0 Å². The van der Waals surface area contributed by atoms with Crippen LogP contribution in [-0.4, -0.2) is 56.8 Å². The molecule has 1 fully saturated rings. The number of aliphatic hydroxyl groups excluding tert-OH is 3. The van der Waals surface area contributed by atoms with Crippen LogP contribution >= 0.6 is 0 Å². The number of halogens is 1. The number of aromatic nitrogens is 2. The van der Waals surface area contributed by atoms with Gasteiger partial charge < -0.3 is 25.4 Å². The van der Waals surface area contributed by atoms with Gasteiger partial charge in [-0.2, -0.15) is 4.98 Å². The first-order chi connectivity index (χ1) is 9.56. The van der Waals surface area contributed by atoms with Crippen LogP contribution in [0.3, 0.4) is 0 Å². The molecule has 8 nitrogen and oxygen atoms in total. The first kappa shape index (κ1) is 14.9. The lowest BCUT2D eigenvalue weighted by molar-refractivity contribution is -0.0461. The van der Waals surface area contributed by atoms with Gasteiger partial charge in [0.25, 0.3) is 0 Å². The van der Waals surface area contributed by atoms with Crippen molar-refractivity contribution in [2.75, 3.05) is 25.1 Å². The topological polar surface area (TPSA) is 117 Å². The van der Waals surface area contributed by atoms with E-state index in [0.29, 0.717) is 0 Å². The van der Waals surface area contributed by atoms with Crippen molar-refractivity contribution < 1.29 is 24.4 Å². The molecule has 1 saturated heterocycles. The zero-order valence-electron chi connectivity index (χ0n) is 10.6. The van der Waals surface area contributed by atoms with Gasteiger partial charge >= 0.3 is 5.69 Å². The summed E-state index contributed by atoms with van der Waals surface area (Å²) < 4.78 is 19.9. The average Bonchev–Trinajstić information content (AvgIpc) is 2.80. The van der Waals surface area contributed by atoms with E-state index in [2.05, 4.69) is 10.3 Å². The van der Waals surface area contributed by atoms with E-state index in [4.69, 9.17) is 14.9 Å². The van der Waals surface area contributed by atoms with Crippen molar-refractivity contribution in [1.29, 1.82) is 0 Å². The van der Waals surface area contributed by atoms with Gasteiger partial charge in [-0.05, 0) is 0 Å². The van der Waals surface area contributed by atoms with Crippen molar-refractivity contribution in [2.45, 2.75) is 24.9 Å². The van der Waals surface area contributed by atoms with Crippen LogP contribution in [0.5, 0.6) is 0 Å². The summed E-state index contributed by atoms with van der Waals surface area (Å²) in [5.74, 6) is -1.03. The maximum Gasteiger partial charge on any atom is 0.351 e. The van der Waals surface area contributed by atoms with Gasteiger partial charge in [-0.25, -0.2) is 9.18 Å². The lowest BCUT2D eigenvalue weighted by Crippen LogP contribution is -2.29. The fourth-order valence-electron chi connectivity index (χ4n) is 2.00. The first-order valence-electron chi connectivity index (χ1n) is 6.14. The van der Waals surface area contributed by atoms with Crippen LogP contribution in [0.4, 0.5) is 10.2 Å². The maximum absolute atomic E-state index is 13.7. The molecule has 1 aromatic heterocycles. The van der Waals surface area contributed by atoms with Gasteiger partial charge in [0.05, 0.1) is 25.5 Å². The number of nitrogens with zero attached hydrogens (tertiary/aromatic N) is 2. The van der Waals surface area contributed by atoms with E-state index < -0.39 is 36.5 Å². The van der Waals surface area contributed by atoms with Crippen molar-refractivity contribution in [3.63, 3.8) is 0 Å². The molecule has 0 amide bonds. The smallest absolute Gasteiger partial charge is 0.351 e. The summed E-state index contributed by atoms with van der Waals surface area (Å²) in [5.41, 5.74) is -0.748. The molecular weight excluding hydrogens is 273 g/mol. The number of hydrogen-bond acceptors (Lipinski definition) is 7. The van der Waals surface area contributed by atoms with Gasteiger partial charge in [0.15, 0.2) is 11.6 Å². The third-order valence-electron chi connectivity index (χ3n) is 3.01. The highest BCUT2D eigenvalue weighted by Gasteiger charge is 2.35. The highest BCUT2D eigenvalue weighted by atomic mass is 19.1. The highest BCUT2D eigenvalue weighted by molar-refractivity contribution is 5.33. The number of anilines is 1. The number of rotatable bonds is 5. The van der Waals surface area contributed by atoms with Crippen molar-refractivity contribution >= 4 is 5.82 Å². The number of nitrogens with one attached hydrogen (secondary N) is 1. The molecule has 0 bridgehead atoms. The first-order valence-corrected chi connectivity index (χ1v) is 6.14. The molecule has 0 unspecified atom stereocenters. The molecule has 3 atom stereocenters. The van der Waals surface area contributed by atoms with Gasteiger partial charge in [0.2, 0.25) is 0 Å². The highest BCUT2D eigenvalue weighted by Crippen LogP contribution is 2.27. The second-order valence-corrected chi connectivity index (χ2v) is 4.39. The third kappa shape index (κ3) is 2.96. The monoisotopic (exact) mass is 289 g/mol. The summed E-state index contributed by atoms with van der Waals surface area (Å²) in [6, 6.07) is 0. The predicted molar refractivity (Wildman–Crippen MR) is 65.7 cm³/mol. The van der Waals surface area contributed by atoms with E-state index in [1.165, 1.54) is 0 Å². The Balaban J connectivity index is 2.21. The zero-order valence-corrected chi connectivity index (χ0v) is 10.6. The standard InChI is InChI=1S/C11H16FN3O5/c12-6-4-15(9-3-7(18)8(5-17)20-9)11(19)14-10(6)13-1-2-16/h4,7-9,16-18H,1-3,5H2,(H,13,14,19)/t7-,8+,9+/m0/s1. The van der Waals surface area contributed by atoms with Crippen LogP contribution in [0.25, 0.3) is 0 Å². The molecule has 0 spiro atoms. The van der Waals surface area contributed by atoms with Crippen LogP contribution < -0.4 is 11.0 Å². The van der Waals surface area contributed by atoms with Gasteiger partial charge in [-0.3, -0.25) is 4.57 Å². The molecule has 2 rings (SSSR count). The van der Waals surface area contributed by atoms with Crippen molar-refractivity contribution in [3.8, 4) is 0 Å². The third-order valence-corrected chi connectivity index (χ3v) is 3.01. The fourth-order valence-corrected chi connectivity index (χ4v) is 2.00. The summed E-state index contributed by atoms with van der Waals surface area (Å²) in [6.07, 6.45) is -1.61. The molecule has 0 radical (unpaired) electrons. The number of ether oxygens (including phenoxy) is 1. The van der Waals surface area contributed by atoms with E-state index in [9.17, 15) is 14.3 Å². The molecule has 1 aliphatic rings. The molecule has 4 N–H and O–H groups in total. The minimum absolute atomic E-state index is 0.0651. The van der Waals surface area contributed by atoms with Crippen LogP contribution in [0.1, 0.15) is 12.6 Å². The van der Waals surface area contributed by atoms with Crippen LogP contribution in [0, 0.1) is 5.82 Å². The van der Waals surface area contributed by atoms with Gasteiger partial charge in [0, 0.05) is 13.0 Å². The van der Waals surface area contributed by atoms with Gasteiger partial charge in [-0.1, -0.05) is 0 Å². The molecule has 1 aliphatic heterocycles. The van der Waals surface area contributed by atoms with E-state index >= 15 is 0 Å². The van der Waals surface area contributed by atoms with Crippen molar-refractivity contribution in [3.05, 3.63) is 22.5 Å². The quantitative estimate of drug-likeness (QED) is 0.517. The molecule has 0 aliphatic carbocycles. The Bertz CT molecular complexity index is 523. The predicted octanol–water partition coefficient (Wildman–Crippen LogP) is -1.57. The Labute approximate surface area is 113 Å². The Morgan fingerprint density at radius 3 is 2.90 bits per heavy atom. The summed E-state index contributed by atoms with van der Waals surface area (Å²) in [4.78, 5) is 15.3. The largest absolute Gasteiger partial charge is 0.395 e. The molecular formula is C11H16FN3O5. The summed E-state index contributed by atoms with van der Waals surface area (Å²) in [7, 11) is 0. The number of hydrogen-bond donors (Lipinski definition) is 4. The Morgan fingerprint density at radius 1 is 1.55 bits per heavy atom. The average molecular weight is 289 g/mol. The van der Waals surface area contributed by atoms with E-state index in [0.717, 1.165) is 10.8 Å². The molecule has 1 aromatic rings. The summed E-state index contributed by atoms with van der Waals surface area (Å²) in [5, 5.41) is 29.7. The normalized spacial score (nSPS) is 25.9. The summed E-state index contributed by atoms with van der Waals surface area (Å²) >= 11 is 0. The Kier molecular flexibility index (Phi) is 4.65. The zero-order chi connectivity index (χ0) is 14.7.